The SMILES string of the molecule is O=C(O)c1ncc(O)c(Br)c1C(F)F. The molecule has 0 fully saturated rings. The molecule has 76 valence electrons. The lowest BCUT2D eigenvalue weighted by molar-refractivity contribution is 0.0676. The molecule has 0 saturated heterocycles. The average molecular weight is 268 g/mol. The first-order chi connectivity index (χ1) is 6.45. The number of alkyl halides is 2. The van der Waals surface area contributed by atoms with Crippen molar-refractivity contribution in [2.45, 2.75) is 6.43 Å². The van der Waals surface area contributed by atoms with Crippen molar-refractivity contribution in [3.05, 3.63) is 21.9 Å². The second kappa shape index (κ2) is 3.87. The summed E-state index contributed by atoms with van der Waals surface area (Å²) in [5.41, 5.74) is -1.60. The first-order valence-electron chi connectivity index (χ1n) is 3.34. The monoisotopic (exact) mass is 267 g/mol. The van der Waals surface area contributed by atoms with Gasteiger partial charge in [-0.15, -0.1) is 0 Å². The fourth-order valence-corrected chi connectivity index (χ4v) is 1.33. The van der Waals surface area contributed by atoms with Crippen molar-refractivity contribution < 1.29 is 23.8 Å². The largest absolute Gasteiger partial charge is 0.505 e. The summed E-state index contributed by atoms with van der Waals surface area (Å²) in [6, 6.07) is 0. The number of hydrogen-bond acceptors (Lipinski definition) is 3. The highest BCUT2D eigenvalue weighted by Crippen LogP contribution is 2.35. The topological polar surface area (TPSA) is 70.4 Å². The first kappa shape index (κ1) is 10.8. The van der Waals surface area contributed by atoms with Gasteiger partial charge in [0.2, 0.25) is 0 Å². The molecule has 0 radical (unpaired) electrons. The molecule has 1 aromatic heterocycles. The third-order valence-electron chi connectivity index (χ3n) is 1.45. The maximum atomic E-state index is 12.4. The number of halogens is 3. The van der Waals surface area contributed by atoms with Crippen molar-refractivity contribution in [3.8, 4) is 5.75 Å². The van der Waals surface area contributed by atoms with Gasteiger partial charge in [0.15, 0.2) is 5.69 Å². The molecule has 7 heteroatoms. The van der Waals surface area contributed by atoms with Crippen LogP contribution in [0, 0.1) is 0 Å². The van der Waals surface area contributed by atoms with Gasteiger partial charge in [-0.05, 0) is 15.9 Å². The van der Waals surface area contributed by atoms with E-state index in [2.05, 4.69) is 20.9 Å². The Bertz CT molecular complexity index is 383. The maximum Gasteiger partial charge on any atom is 0.355 e. The Morgan fingerprint density at radius 2 is 2.14 bits per heavy atom. The molecule has 0 atom stereocenters. The van der Waals surface area contributed by atoms with E-state index in [1.54, 1.807) is 0 Å². The molecule has 0 unspecified atom stereocenters. The van der Waals surface area contributed by atoms with Gasteiger partial charge in [0, 0.05) is 0 Å². The standard InChI is InChI=1S/C7H4BrF2NO3/c8-4-2(12)1-11-5(7(13)14)3(4)6(9)10/h1,6,12H,(H,13,14). The molecule has 1 aromatic rings. The zero-order chi connectivity index (χ0) is 10.9. The first-order valence-corrected chi connectivity index (χ1v) is 4.13. The lowest BCUT2D eigenvalue weighted by Gasteiger charge is -2.07. The molecule has 2 N–H and O–H groups in total. The Kier molecular flexibility index (Phi) is 3.00. The van der Waals surface area contributed by atoms with Crippen LogP contribution in [0.25, 0.3) is 0 Å². The van der Waals surface area contributed by atoms with Crippen LogP contribution in [-0.4, -0.2) is 21.2 Å². The fourth-order valence-electron chi connectivity index (χ4n) is 0.863. The minimum atomic E-state index is -3.02. The van der Waals surface area contributed by atoms with Crippen LogP contribution in [0.3, 0.4) is 0 Å². The second-order valence-electron chi connectivity index (χ2n) is 2.33. The lowest BCUT2D eigenvalue weighted by atomic mass is 10.2. The molecule has 0 aliphatic carbocycles. The highest BCUT2D eigenvalue weighted by Gasteiger charge is 2.24. The number of aromatic carboxylic acids is 1. The van der Waals surface area contributed by atoms with Gasteiger partial charge in [-0.3, -0.25) is 0 Å². The average Bonchev–Trinajstić information content (AvgIpc) is 2.08. The molecule has 0 aliphatic heterocycles. The van der Waals surface area contributed by atoms with Crippen molar-refractivity contribution in [2.75, 3.05) is 0 Å². The summed E-state index contributed by atoms with van der Waals surface area (Å²) < 4.78 is 24.4. The number of hydrogen-bond donors (Lipinski definition) is 2. The van der Waals surface area contributed by atoms with Crippen LogP contribution in [0.15, 0.2) is 10.7 Å². The number of aromatic hydroxyl groups is 1. The molecule has 0 amide bonds. The van der Waals surface area contributed by atoms with E-state index in [0.717, 1.165) is 6.20 Å². The van der Waals surface area contributed by atoms with Crippen molar-refractivity contribution in [2.24, 2.45) is 0 Å². The van der Waals surface area contributed by atoms with E-state index in [1.807, 2.05) is 0 Å². The summed E-state index contributed by atoms with van der Waals surface area (Å²) in [4.78, 5) is 13.7. The molecule has 0 bridgehead atoms. The molecule has 0 aromatic carbocycles. The van der Waals surface area contributed by atoms with E-state index in [4.69, 9.17) is 10.2 Å². The van der Waals surface area contributed by atoms with Crippen LogP contribution in [0.4, 0.5) is 8.78 Å². The summed E-state index contributed by atoms with van der Waals surface area (Å²) in [6.07, 6.45) is -2.23. The van der Waals surface area contributed by atoms with Gasteiger partial charge in [0.05, 0.1) is 16.2 Å². The van der Waals surface area contributed by atoms with E-state index in [0.29, 0.717) is 0 Å². The van der Waals surface area contributed by atoms with Crippen LogP contribution in [0.1, 0.15) is 22.5 Å². The highest BCUT2D eigenvalue weighted by molar-refractivity contribution is 9.10. The quantitative estimate of drug-likeness (QED) is 0.862. The summed E-state index contributed by atoms with van der Waals surface area (Å²) >= 11 is 2.67. The smallest absolute Gasteiger partial charge is 0.355 e. The Hall–Kier alpha value is -1.24. The lowest BCUT2D eigenvalue weighted by Crippen LogP contribution is -2.06. The van der Waals surface area contributed by atoms with Gasteiger partial charge < -0.3 is 10.2 Å². The van der Waals surface area contributed by atoms with E-state index in [1.165, 1.54) is 0 Å². The van der Waals surface area contributed by atoms with Gasteiger partial charge in [-0.2, -0.15) is 0 Å². The Morgan fingerprint density at radius 3 is 2.57 bits per heavy atom. The van der Waals surface area contributed by atoms with E-state index in [-0.39, 0.29) is 4.47 Å². The number of carboxylic acid groups (broad SMARTS) is 1. The Balaban J connectivity index is 3.45. The third kappa shape index (κ3) is 1.82. The van der Waals surface area contributed by atoms with Gasteiger partial charge in [-0.25, -0.2) is 18.6 Å². The van der Waals surface area contributed by atoms with Gasteiger partial charge >= 0.3 is 5.97 Å². The normalized spacial score (nSPS) is 10.6. The number of nitrogens with zero attached hydrogens (tertiary/aromatic N) is 1. The third-order valence-corrected chi connectivity index (χ3v) is 2.29. The number of pyridine rings is 1. The van der Waals surface area contributed by atoms with Crippen molar-refractivity contribution >= 4 is 21.9 Å². The molecule has 1 rings (SSSR count). The number of carbonyl (C=O) groups is 1. The number of carboxylic acids is 1. The molecule has 4 nitrogen and oxygen atoms in total. The van der Waals surface area contributed by atoms with E-state index >= 15 is 0 Å². The summed E-state index contributed by atoms with van der Waals surface area (Å²) in [5.74, 6) is -2.09. The predicted octanol–water partition coefficient (Wildman–Crippen LogP) is 2.19. The molecular formula is C7H4BrF2NO3. The molecule has 1 heterocycles. The van der Waals surface area contributed by atoms with Gasteiger partial charge in [0.25, 0.3) is 6.43 Å². The minimum absolute atomic E-state index is 0.347. The summed E-state index contributed by atoms with van der Waals surface area (Å²) in [7, 11) is 0. The maximum absolute atomic E-state index is 12.4. The molecule has 0 aliphatic rings. The van der Waals surface area contributed by atoms with Crippen LogP contribution < -0.4 is 0 Å². The summed E-state index contributed by atoms with van der Waals surface area (Å²) in [5, 5.41) is 17.6. The van der Waals surface area contributed by atoms with E-state index in [9.17, 15) is 13.6 Å². The molecule has 0 saturated carbocycles. The van der Waals surface area contributed by atoms with Crippen molar-refractivity contribution in [3.63, 3.8) is 0 Å². The van der Waals surface area contributed by atoms with Crippen LogP contribution in [0.5, 0.6) is 5.75 Å². The van der Waals surface area contributed by atoms with Crippen LogP contribution in [0.2, 0.25) is 0 Å². The molecule has 14 heavy (non-hydrogen) atoms. The number of aromatic nitrogens is 1. The van der Waals surface area contributed by atoms with Gasteiger partial charge in [-0.1, -0.05) is 0 Å². The van der Waals surface area contributed by atoms with Gasteiger partial charge in [0.1, 0.15) is 5.75 Å². The minimum Gasteiger partial charge on any atom is -0.505 e. The molecular weight excluding hydrogens is 264 g/mol. The zero-order valence-electron chi connectivity index (χ0n) is 6.54. The van der Waals surface area contributed by atoms with Crippen molar-refractivity contribution in [1.29, 1.82) is 0 Å². The predicted molar refractivity (Wildman–Crippen MR) is 45.5 cm³/mol. The Morgan fingerprint density at radius 1 is 1.57 bits per heavy atom. The highest BCUT2D eigenvalue weighted by atomic mass is 79.9. The number of rotatable bonds is 2. The van der Waals surface area contributed by atoms with Crippen LogP contribution in [-0.2, 0) is 0 Å². The van der Waals surface area contributed by atoms with Crippen molar-refractivity contribution in [1.82, 2.24) is 4.98 Å². The second-order valence-corrected chi connectivity index (χ2v) is 3.12. The van der Waals surface area contributed by atoms with E-state index < -0.39 is 29.4 Å². The Labute approximate surface area is 85.3 Å². The summed E-state index contributed by atoms with van der Waals surface area (Å²) in [6.45, 7) is 0. The fraction of sp³-hybridized carbons (Fsp3) is 0.143. The van der Waals surface area contributed by atoms with Crippen LogP contribution >= 0.6 is 15.9 Å². The molecule has 0 spiro atoms. The zero-order valence-corrected chi connectivity index (χ0v) is 8.12.